The third kappa shape index (κ3) is 3.92. The Hall–Kier alpha value is -1.62. The molecule has 0 saturated heterocycles. The van der Waals surface area contributed by atoms with E-state index in [2.05, 4.69) is 0 Å². The minimum atomic E-state index is -0.430. The van der Waals surface area contributed by atoms with E-state index in [-0.39, 0.29) is 23.6 Å². The molecule has 0 fully saturated rings. The van der Waals surface area contributed by atoms with Crippen LogP contribution in [0.15, 0.2) is 18.2 Å². The fourth-order valence-corrected chi connectivity index (χ4v) is 1.73. The van der Waals surface area contributed by atoms with Crippen LogP contribution in [0.4, 0.5) is 4.39 Å². The molecular formula is C14H21FN2O2. The van der Waals surface area contributed by atoms with Crippen LogP contribution in [0.3, 0.4) is 0 Å². The molecule has 4 nitrogen and oxygen atoms in total. The van der Waals surface area contributed by atoms with Crippen LogP contribution in [0.1, 0.15) is 19.4 Å². The predicted molar refractivity (Wildman–Crippen MR) is 72.2 cm³/mol. The molecule has 0 radical (unpaired) electrons. The van der Waals surface area contributed by atoms with Gasteiger partial charge in [0.05, 0.1) is 13.0 Å². The minimum absolute atomic E-state index is 0.0498. The van der Waals surface area contributed by atoms with Gasteiger partial charge in [-0.1, -0.05) is 13.0 Å². The molecule has 2 N–H and O–H groups in total. The van der Waals surface area contributed by atoms with Crippen LogP contribution in [0.25, 0.3) is 0 Å². The van der Waals surface area contributed by atoms with E-state index in [1.165, 1.54) is 13.2 Å². The fourth-order valence-electron chi connectivity index (χ4n) is 1.73. The molecule has 19 heavy (non-hydrogen) atoms. The van der Waals surface area contributed by atoms with Gasteiger partial charge in [-0.3, -0.25) is 4.79 Å². The van der Waals surface area contributed by atoms with Crippen LogP contribution in [-0.4, -0.2) is 31.0 Å². The molecule has 0 saturated carbocycles. The van der Waals surface area contributed by atoms with Gasteiger partial charge in [0.25, 0.3) is 0 Å². The van der Waals surface area contributed by atoms with Crippen molar-refractivity contribution in [3.8, 4) is 5.75 Å². The number of carbonyl (C=O) groups excluding carboxylic acids is 1. The van der Waals surface area contributed by atoms with Gasteiger partial charge in [0.2, 0.25) is 5.91 Å². The molecule has 0 aliphatic carbocycles. The zero-order valence-electron chi connectivity index (χ0n) is 11.8. The molecule has 2 unspecified atom stereocenters. The van der Waals surface area contributed by atoms with Crippen molar-refractivity contribution >= 4 is 5.91 Å². The van der Waals surface area contributed by atoms with E-state index in [0.717, 1.165) is 0 Å². The lowest BCUT2D eigenvalue weighted by atomic mass is 10.0. The minimum Gasteiger partial charge on any atom is -0.494 e. The molecule has 0 spiro atoms. The van der Waals surface area contributed by atoms with Gasteiger partial charge in [-0.15, -0.1) is 0 Å². The number of nitrogens with zero attached hydrogens (tertiary/aromatic N) is 1. The average molecular weight is 268 g/mol. The van der Waals surface area contributed by atoms with Gasteiger partial charge in [-0.2, -0.15) is 0 Å². The van der Waals surface area contributed by atoms with Crippen molar-refractivity contribution in [1.29, 1.82) is 0 Å². The van der Waals surface area contributed by atoms with Crippen LogP contribution in [0.2, 0.25) is 0 Å². The molecule has 106 valence electrons. The second-order valence-corrected chi connectivity index (χ2v) is 4.81. The Kier molecular flexibility index (Phi) is 5.30. The summed E-state index contributed by atoms with van der Waals surface area (Å²) in [4.78, 5) is 13.6. The third-order valence-electron chi connectivity index (χ3n) is 3.19. The molecule has 2 atom stereocenters. The maximum Gasteiger partial charge on any atom is 0.226 e. The predicted octanol–water partition coefficient (Wildman–Crippen LogP) is 1.78. The van der Waals surface area contributed by atoms with E-state index in [1.54, 1.807) is 37.9 Å². The van der Waals surface area contributed by atoms with Crippen molar-refractivity contribution in [2.75, 3.05) is 14.2 Å². The average Bonchev–Trinajstić information content (AvgIpc) is 2.37. The summed E-state index contributed by atoms with van der Waals surface area (Å²) in [5, 5.41) is 0. The molecule has 0 bridgehead atoms. The van der Waals surface area contributed by atoms with E-state index in [9.17, 15) is 9.18 Å². The number of ether oxygens (including phenoxy) is 1. The third-order valence-corrected chi connectivity index (χ3v) is 3.19. The molecule has 0 aromatic heterocycles. The smallest absolute Gasteiger partial charge is 0.226 e. The number of amides is 1. The summed E-state index contributed by atoms with van der Waals surface area (Å²) >= 11 is 0. The highest BCUT2D eigenvalue weighted by Gasteiger charge is 2.21. The maximum absolute atomic E-state index is 13.5. The zero-order valence-corrected chi connectivity index (χ0v) is 11.8. The highest BCUT2D eigenvalue weighted by Crippen LogP contribution is 2.19. The van der Waals surface area contributed by atoms with Crippen molar-refractivity contribution in [3.05, 3.63) is 29.6 Å². The number of methoxy groups -OCH3 is 1. The Balaban J connectivity index is 2.74. The Labute approximate surface area is 113 Å². The summed E-state index contributed by atoms with van der Waals surface area (Å²) in [6, 6.07) is 4.46. The largest absolute Gasteiger partial charge is 0.494 e. The molecule has 1 aromatic carbocycles. The van der Waals surface area contributed by atoms with Gasteiger partial charge in [0.1, 0.15) is 0 Å². The summed E-state index contributed by atoms with van der Waals surface area (Å²) in [5.74, 6) is -0.540. The normalized spacial score (nSPS) is 13.8. The number of benzene rings is 1. The summed E-state index contributed by atoms with van der Waals surface area (Å²) in [6.07, 6.45) is 0. The molecule has 0 aliphatic heterocycles. The van der Waals surface area contributed by atoms with Crippen molar-refractivity contribution in [1.82, 2.24) is 4.90 Å². The highest BCUT2D eigenvalue weighted by atomic mass is 19.1. The highest BCUT2D eigenvalue weighted by molar-refractivity contribution is 5.78. The lowest BCUT2D eigenvalue weighted by Gasteiger charge is -2.23. The van der Waals surface area contributed by atoms with E-state index in [4.69, 9.17) is 10.5 Å². The van der Waals surface area contributed by atoms with Gasteiger partial charge in [0, 0.05) is 19.6 Å². The first-order valence-corrected chi connectivity index (χ1v) is 6.19. The second kappa shape index (κ2) is 6.52. The van der Waals surface area contributed by atoms with Crippen molar-refractivity contribution < 1.29 is 13.9 Å². The van der Waals surface area contributed by atoms with E-state index < -0.39 is 5.82 Å². The maximum atomic E-state index is 13.5. The Morgan fingerprint density at radius 3 is 2.58 bits per heavy atom. The van der Waals surface area contributed by atoms with Gasteiger partial charge in [-0.25, -0.2) is 4.39 Å². The molecule has 1 aromatic rings. The van der Waals surface area contributed by atoms with Gasteiger partial charge >= 0.3 is 0 Å². The molecule has 1 amide bonds. The van der Waals surface area contributed by atoms with E-state index in [1.807, 2.05) is 0 Å². The zero-order chi connectivity index (χ0) is 14.6. The lowest BCUT2D eigenvalue weighted by molar-refractivity contribution is -0.134. The molecule has 5 heteroatoms. The topological polar surface area (TPSA) is 55.6 Å². The number of rotatable bonds is 5. The molecule has 0 heterocycles. The van der Waals surface area contributed by atoms with Crippen LogP contribution in [-0.2, 0) is 11.3 Å². The van der Waals surface area contributed by atoms with Crippen LogP contribution >= 0.6 is 0 Å². The quantitative estimate of drug-likeness (QED) is 0.885. The van der Waals surface area contributed by atoms with Crippen LogP contribution < -0.4 is 10.5 Å². The number of hydrogen-bond donors (Lipinski definition) is 1. The summed E-state index contributed by atoms with van der Waals surface area (Å²) in [5.41, 5.74) is 6.42. The van der Waals surface area contributed by atoms with E-state index >= 15 is 0 Å². The monoisotopic (exact) mass is 268 g/mol. The van der Waals surface area contributed by atoms with E-state index in [0.29, 0.717) is 12.1 Å². The molecular weight excluding hydrogens is 247 g/mol. The first-order chi connectivity index (χ1) is 8.86. The van der Waals surface area contributed by atoms with Crippen molar-refractivity contribution in [2.24, 2.45) is 11.7 Å². The van der Waals surface area contributed by atoms with Crippen molar-refractivity contribution in [3.63, 3.8) is 0 Å². The Morgan fingerprint density at radius 1 is 1.47 bits per heavy atom. The number of halogens is 1. The SMILES string of the molecule is COc1ccc(CN(C)C(=O)C(C)C(C)N)cc1F. The standard InChI is InChI=1S/C14H21FN2O2/c1-9(10(2)16)14(18)17(3)8-11-5-6-13(19-4)12(15)7-11/h5-7,9-10H,8,16H2,1-4H3. The summed E-state index contributed by atoms with van der Waals surface area (Å²) in [7, 11) is 3.10. The number of carbonyl (C=O) groups is 1. The van der Waals surface area contributed by atoms with Crippen molar-refractivity contribution in [2.45, 2.75) is 26.4 Å². The summed E-state index contributed by atoms with van der Waals surface area (Å²) < 4.78 is 18.4. The van der Waals surface area contributed by atoms with Crippen LogP contribution in [0, 0.1) is 11.7 Å². The second-order valence-electron chi connectivity index (χ2n) is 4.81. The molecule has 0 aliphatic rings. The first kappa shape index (κ1) is 15.4. The van der Waals surface area contributed by atoms with Gasteiger partial charge < -0.3 is 15.4 Å². The molecule has 1 rings (SSSR count). The Morgan fingerprint density at radius 2 is 2.11 bits per heavy atom. The van der Waals surface area contributed by atoms with Gasteiger partial charge in [-0.05, 0) is 24.6 Å². The number of nitrogens with two attached hydrogens (primary N) is 1. The van der Waals surface area contributed by atoms with Gasteiger partial charge in [0.15, 0.2) is 11.6 Å². The van der Waals surface area contributed by atoms with Crippen LogP contribution in [0.5, 0.6) is 5.75 Å². The number of hydrogen-bond acceptors (Lipinski definition) is 3. The first-order valence-electron chi connectivity index (χ1n) is 6.19. The lowest BCUT2D eigenvalue weighted by Crippen LogP contribution is -2.39. The Bertz CT molecular complexity index is 449. The summed E-state index contributed by atoms with van der Waals surface area (Å²) in [6.45, 7) is 3.93. The fraction of sp³-hybridized carbons (Fsp3) is 0.500.